The van der Waals surface area contributed by atoms with Crippen molar-refractivity contribution in [1.82, 2.24) is 14.9 Å². The van der Waals surface area contributed by atoms with Crippen LogP contribution >= 0.6 is 23.1 Å². The van der Waals surface area contributed by atoms with Gasteiger partial charge in [-0.05, 0) is 31.7 Å². The summed E-state index contributed by atoms with van der Waals surface area (Å²) in [4.78, 5) is 32.3. The summed E-state index contributed by atoms with van der Waals surface area (Å²) in [5.41, 5.74) is 1.14. The van der Waals surface area contributed by atoms with Gasteiger partial charge in [-0.15, -0.1) is 11.3 Å². The molecule has 0 fully saturated rings. The number of fused-ring (bicyclic) bond motifs is 3. The standard InChI is InChI=1S/C18H25N3O4S2/c1-11(15(22)19-7-9-24-2)26-18-20-16-14(12-5-4-6-13(12)27-16)17(23)21(18)8-10-25-3/h11H,4-10H2,1-3H3,(H,19,22)/t11-/m1/s1. The number of carbonyl (C=O) groups excluding carboxylic acids is 1. The molecule has 7 nitrogen and oxygen atoms in total. The van der Waals surface area contributed by atoms with Gasteiger partial charge in [0.25, 0.3) is 5.56 Å². The van der Waals surface area contributed by atoms with Gasteiger partial charge in [0, 0.05) is 25.6 Å². The van der Waals surface area contributed by atoms with Gasteiger partial charge in [0.05, 0.1) is 30.4 Å². The third-order valence-electron chi connectivity index (χ3n) is 4.57. The summed E-state index contributed by atoms with van der Waals surface area (Å²) < 4.78 is 11.8. The Morgan fingerprint density at radius 1 is 1.33 bits per heavy atom. The van der Waals surface area contributed by atoms with Gasteiger partial charge in [-0.1, -0.05) is 11.8 Å². The van der Waals surface area contributed by atoms with E-state index in [1.165, 1.54) is 22.2 Å². The fraction of sp³-hybridized carbons (Fsp3) is 0.611. The fourth-order valence-electron chi connectivity index (χ4n) is 3.16. The van der Waals surface area contributed by atoms with E-state index < -0.39 is 0 Å². The van der Waals surface area contributed by atoms with Gasteiger partial charge in [-0.2, -0.15) is 0 Å². The Hall–Kier alpha value is -1.42. The van der Waals surface area contributed by atoms with Crippen LogP contribution in [0.1, 0.15) is 23.8 Å². The lowest BCUT2D eigenvalue weighted by molar-refractivity contribution is -0.120. The molecule has 0 radical (unpaired) electrons. The van der Waals surface area contributed by atoms with Crippen LogP contribution in [0.4, 0.5) is 0 Å². The Balaban J connectivity index is 1.91. The Bertz CT molecular complexity index is 878. The van der Waals surface area contributed by atoms with Crippen LogP contribution in [0.3, 0.4) is 0 Å². The van der Waals surface area contributed by atoms with E-state index in [9.17, 15) is 9.59 Å². The zero-order valence-electron chi connectivity index (χ0n) is 15.9. The first kappa shape index (κ1) is 20.3. The third-order valence-corrected chi connectivity index (χ3v) is 6.84. The SMILES string of the molecule is COCCNC(=O)[C@@H](C)Sc1nc2sc3c(c2c(=O)n1CCOC)CCC3. The second-order valence-corrected chi connectivity index (χ2v) is 8.82. The third kappa shape index (κ3) is 4.37. The zero-order valence-corrected chi connectivity index (χ0v) is 17.5. The number of hydrogen-bond donors (Lipinski definition) is 1. The Morgan fingerprint density at radius 3 is 2.85 bits per heavy atom. The van der Waals surface area contributed by atoms with Crippen LogP contribution in [0, 0.1) is 0 Å². The molecule has 0 aliphatic heterocycles. The minimum absolute atomic E-state index is 0.0223. The molecule has 2 aromatic rings. The maximum Gasteiger partial charge on any atom is 0.263 e. The number of rotatable bonds is 9. The lowest BCUT2D eigenvalue weighted by atomic mass is 10.2. The second-order valence-electron chi connectivity index (χ2n) is 6.43. The smallest absolute Gasteiger partial charge is 0.263 e. The highest BCUT2D eigenvalue weighted by Crippen LogP contribution is 2.36. The molecule has 27 heavy (non-hydrogen) atoms. The lowest BCUT2D eigenvalue weighted by Gasteiger charge is -2.15. The van der Waals surface area contributed by atoms with Crippen molar-refractivity contribution >= 4 is 39.2 Å². The first-order valence-electron chi connectivity index (χ1n) is 9.04. The number of nitrogens with one attached hydrogen (secondary N) is 1. The van der Waals surface area contributed by atoms with Crippen molar-refractivity contribution < 1.29 is 14.3 Å². The van der Waals surface area contributed by atoms with Gasteiger partial charge in [0.1, 0.15) is 4.83 Å². The molecule has 2 heterocycles. The van der Waals surface area contributed by atoms with Crippen molar-refractivity contribution in [2.45, 2.75) is 43.1 Å². The van der Waals surface area contributed by atoms with Crippen LogP contribution in [-0.4, -0.2) is 54.7 Å². The van der Waals surface area contributed by atoms with Gasteiger partial charge >= 0.3 is 0 Å². The molecule has 1 aliphatic carbocycles. The summed E-state index contributed by atoms with van der Waals surface area (Å²) in [6.45, 7) is 3.58. The highest BCUT2D eigenvalue weighted by Gasteiger charge is 2.25. The minimum Gasteiger partial charge on any atom is -0.383 e. The van der Waals surface area contributed by atoms with Crippen LogP contribution in [0.25, 0.3) is 10.2 Å². The van der Waals surface area contributed by atoms with Gasteiger partial charge in [0.2, 0.25) is 5.91 Å². The lowest BCUT2D eigenvalue weighted by Crippen LogP contribution is -2.34. The first-order chi connectivity index (χ1) is 13.1. The van der Waals surface area contributed by atoms with Crippen molar-refractivity contribution in [3.8, 4) is 0 Å². The van der Waals surface area contributed by atoms with Crippen LogP contribution in [-0.2, 0) is 33.7 Å². The average molecular weight is 412 g/mol. The van der Waals surface area contributed by atoms with Crippen molar-refractivity contribution in [3.05, 3.63) is 20.8 Å². The van der Waals surface area contributed by atoms with Crippen LogP contribution in [0.15, 0.2) is 9.95 Å². The normalized spacial score (nSPS) is 14.5. The Kier molecular flexibility index (Phi) is 6.91. The van der Waals surface area contributed by atoms with Crippen LogP contribution in [0.2, 0.25) is 0 Å². The maximum atomic E-state index is 13.2. The number of amides is 1. The molecule has 1 N–H and O–H groups in total. The van der Waals surface area contributed by atoms with E-state index in [2.05, 4.69) is 5.32 Å². The van der Waals surface area contributed by atoms with E-state index in [-0.39, 0.29) is 16.7 Å². The molecular weight excluding hydrogens is 386 g/mol. The van der Waals surface area contributed by atoms with Gasteiger partial charge in [0.15, 0.2) is 5.16 Å². The number of methoxy groups -OCH3 is 2. The predicted octanol–water partition coefficient (Wildman–Crippen LogP) is 1.84. The number of nitrogens with zero attached hydrogens (tertiary/aromatic N) is 2. The molecule has 3 rings (SSSR count). The van der Waals surface area contributed by atoms with E-state index in [4.69, 9.17) is 14.5 Å². The highest BCUT2D eigenvalue weighted by atomic mass is 32.2. The van der Waals surface area contributed by atoms with E-state index >= 15 is 0 Å². The summed E-state index contributed by atoms with van der Waals surface area (Å²) in [5, 5.41) is 3.78. The van der Waals surface area contributed by atoms with Gasteiger partial charge in [-0.3, -0.25) is 14.2 Å². The topological polar surface area (TPSA) is 82.5 Å². The van der Waals surface area contributed by atoms with Crippen LogP contribution < -0.4 is 10.9 Å². The highest BCUT2D eigenvalue weighted by molar-refractivity contribution is 8.00. The Morgan fingerprint density at radius 2 is 2.11 bits per heavy atom. The predicted molar refractivity (Wildman–Crippen MR) is 108 cm³/mol. The summed E-state index contributed by atoms with van der Waals surface area (Å²) in [5.74, 6) is -0.0987. The maximum absolute atomic E-state index is 13.2. The molecule has 9 heteroatoms. The molecule has 0 aromatic carbocycles. The molecule has 0 saturated heterocycles. The summed E-state index contributed by atoms with van der Waals surface area (Å²) in [6, 6.07) is 0. The van der Waals surface area contributed by atoms with Crippen molar-refractivity contribution in [3.63, 3.8) is 0 Å². The van der Waals surface area contributed by atoms with E-state index in [1.807, 2.05) is 6.92 Å². The quantitative estimate of drug-likeness (QED) is 0.385. The number of thiophene rings is 1. The van der Waals surface area contributed by atoms with Gasteiger partial charge in [-0.25, -0.2) is 4.98 Å². The first-order valence-corrected chi connectivity index (χ1v) is 10.7. The molecular formula is C18H25N3O4S2. The largest absolute Gasteiger partial charge is 0.383 e. The number of carbonyl (C=O) groups is 1. The zero-order chi connectivity index (χ0) is 19.4. The number of aromatic nitrogens is 2. The summed E-state index contributed by atoms with van der Waals surface area (Å²) in [7, 11) is 3.20. The van der Waals surface area contributed by atoms with Crippen molar-refractivity contribution in [2.24, 2.45) is 0 Å². The van der Waals surface area contributed by atoms with E-state index in [1.54, 1.807) is 30.1 Å². The molecule has 0 bridgehead atoms. The van der Waals surface area contributed by atoms with Crippen molar-refractivity contribution in [2.75, 3.05) is 34.0 Å². The van der Waals surface area contributed by atoms with Crippen LogP contribution in [0.5, 0.6) is 0 Å². The van der Waals surface area contributed by atoms with Crippen molar-refractivity contribution in [1.29, 1.82) is 0 Å². The van der Waals surface area contributed by atoms with E-state index in [0.29, 0.717) is 31.5 Å². The monoisotopic (exact) mass is 411 g/mol. The fourth-order valence-corrected chi connectivity index (χ4v) is 5.42. The molecule has 1 atom stereocenters. The molecule has 2 aromatic heterocycles. The number of hydrogen-bond acceptors (Lipinski definition) is 7. The molecule has 1 aliphatic rings. The summed E-state index contributed by atoms with van der Waals surface area (Å²) >= 11 is 2.92. The number of ether oxygens (including phenoxy) is 2. The van der Waals surface area contributed by atoms with E-state index in [0.717, 1.165) is 29.5 Å². The molecule has 1 amide bonds. The molecule has 0 unspecified atom stereocenters. The molecule has 148 valence electrons. The Labute approximate surface area is 166 Å². The second kappa shape index (κ2) is 9.18. The number of aryl methyl sites for hydroxylation is 2. The molecule has 0 saturated carbocycles. The molecule has 0 spiro atoms. The summed E-state index contributed by atoms with van der Waals surface area (Å²) in [6.07, 6.45) is 3.07. The minimum atomic E-state index is -0.369. The number of thioether (sulfide) groups is 1. The van der Waals surface area contributed by atoms with Gasteiger partial charge < -0.3 is 14.8 Å². The average Bonchev–Trinajstić information content (AvgIpc) is 3.22.